The second-order valence-electron chi connectivity index (χ2n) is 4.30. The lowest BCUT2D eigenvalue weighted by atomic mass is 10.3. The summed E-state index contributed by atoms with van der Waals surface area (Å²) >= 11 is 0. The summed E-state index contributed by atoms with van der Waals surface area (Å²) in [5.41, 5.74) is 5.89. The van der Waals surface area contributed by atoms with Crippen LogP contribution in [0.15, 0.2) is 55.2 Å². The zero-order valence-electron chi connectivity index (χ0n) is 11.4. The molecule has 0 radical (unpaired) electrons. The SMILES string of the molecule is NC(=O)Nc1ccc(Oc2ccc(-n3cncn3)cc2)cn1. The lowest BCUT2D eigenvalue weighted by Gasteiger charge is -2.07. The number of hydrogen-bond acceptors (Lipinski definition) is 5. The van der Waals surface area contributed by atoms with Crippen LogP contribution in [-0.2, 0) is 0 Å². The fourth-order valence-electron chi connectivity index (χ4n) is 1.79. The number of nitrogens with two attached hydrogens (primary N) is 1. The number of amides is 2. The number of carbonyl (C=O) groups excluding carboxylic acids is 1. The van der Waals surface area contributed by atoms with Gasteiger partial charge >= 0.3 is 6.03 Å². The third-order valence-corrected chi connectivity index (χ3v) is 2.74. The molecule has 0 fully saturated rings. The van der Waals surface area contributed by atoms with Gasteiger partial charge in [0.25, 0.3) is 0 Å². The maximum absolute atomic E-state index is 10.7. The van der Waals surface area contributed by atoms with Crippen LogP contribution in [0.2, 0.25) is 0 Å². The van der Waals surface area contributed by atoms with Crippen LogP contribution in [0.25, 0.3) is 5.69 Å². The molecule has 0 aliphatic rings. The van der Waals surface area contributed by atoms with E-state index in [4.69, 9.17) is 10.5 Å². The summed E-state index contributed by atoms with van der Waals surface area (Å²) in [4.78, 5) is 18.6. The number of benzene rings is 1. The fraction of sp³-hybridized carbons (Fsp3) is 0. The topological polar surface area (TPSA) is 108 Å². The molecular formula is C14H12N6O2. The fourth-order valence-corrected chi connectivity index (χ4v) is 1.79. The monoisotopic (exact) mass is 296 g/mol. The molecule has 0 atom stereocenters. The summed E-state index contributed by atoms with van der Waals surface area (Å²) in [5, 5.41) is 6.42. The molecule has 3 aromatic rings. The second kappa shape index (κ2) is 5.92. The van der Waals surface area contributed by atoms with Gasteiger partial charge in [-0.3, -0.25) is 5.32 Å². The first-order chi connectivity index (χ1) is 10.7. The number of nitrogens with one attached hydrogen (secondary N) is 1. The van der Waals surface area contributed by atoms with Crippen LogP contribution in [0.5, 0.6) is 11.5 Å². The molecule has 0 bridgehead atoms. The number of carbonyl (C=O) groups is 1. The Morgan fingerprint density at radius 2 is 1.91 bits per heavy atom. The van der Waals surface area contributed by atoms with Crippen molar-refractivity contribution >= 4 is 11.8 Å². The van der Waals surface area contributed by atoms with Crippen LogP contribution in [0.3, 0.4) is 0 Å². The number of urea groups is 1. The number of rotatable bonds is 4. The molecule has 0 aliphatic heterocycles. The normalized spacial score (nSPS) is 10.2. The van der Waals surface area contributed by atoms with Crippen molar-refractivity contribution in [1.82, 2.24) is 19.7 Å². The smallest absolute Gasteiger partial charge is 0.317 e. The third kappa shape index (κ3) is 3.18. The Labute approximate surface area is 125 Å². The van der Waals surface area contributed by atoms with Crippen molar-refractivity contribution in [2.24, 2.45) is 5.73 Å². The van der Waals surface area contributed by atoms with Crippen LogP contribution < -0.4 is 15.8 Å². The molecule has 8 heteroatoms. The van der Waals surface area contributed by atoms with Crippen LogP contribution in [0.4, 0.5) is 10.6 Å². The van der Waals surface area contributed by atoms with E-state index in [9.17, 15) is 4.79 Å². The number of anilines is 1. The minimum Gasteiger partial charge on any atom is -0.456 e. The first-order valence-corrected chi connectivity index (χ1v) is 6.36. The quantitative estimate of drug-likeness (QED) is 0.765. The van der Waals surface area contributed by atoms with Crippen LogP contribution in [0.1, 0.15) is 0 Å². The zero-order chi connectivity index (χ0) is 15.4. The van der Waals surface area contributed by atoms with Crippen molar-refractivity contribution in [1.29, 1.82) is 0 Å². The number of aromatic nitrogens is 4. The van der Waals surface area contributed by atoms with E-state index >= 15 is 0 Å². The van der Waals surface area contributed by atoms with Crippen molar-refractivity contribution in [2.45, 2.75) is 0 Å². The van der Waals surface area contributed by atoms with Crippen molar-refractivity contribution in [3.63, 3.8) is 0 Å². The van der Waals surface area contributed by atoms with Crippen LogP contribution >= 0.6 is 0 Å². The van der Waals surface area contributed by atoms with Crippen LogP contribution in [-0.4, -0.2) is 25.8 Å². The minimum atomic E-state index is -0.662. The van der Waals surface area contributed by atoms with Gasteiger partial charge in [0, 0.05) is 0 Å². The Morgan fingerprint density at radius 3 is 2.50 bits per heavy atom. The van der Waals surface area contributed by atoms with E-state index in [-0.39, 0.29) is 0 Å². The van der Waals surface area contributed by atoms with Gasteiger partial charge in [0.15, 0.2) is 0 Å². The summed E-state index contributed by atoms with van der Waals surface area (Å²) in [6, 6.07) is 9.97. The van der Waals surface area contributed by atoms with Gasteiger partial charge in [-0.05, 0) is 36.4 Å². The van der Waals surface area contributed by atoms with Crippen molar-refractivity contribution in [3.05, 3.63) is 55.2 Å². The van der Waals surface area contributed by atoms with E-state index in [2.05, 4.69) is 20.4 Å². The first kappa shape index (κ1) is 13.6. The minimum absolute atomic E-state index is 0.362. The molecule has 3 N–H and O–H groups in total. The Morgan fingerprint density at radius 1 is 1.14 bits per heavy atom. The largest absolute Gasteiger partial charge is 0.456 e. The summed E-state index contributed by atoms with van der Waals surface area (Å²) in [6.07, 6.45) is 4.58. The van der Waals surface area contributed by atoms with Crippen molar-refractivity contribution < 1.29 is 9.53 Å². The van der Waals surface area contributed by atoms with Gasteiger partial charge in [-0.2, -0.15) is 5.10 Å². The average molecular weight is 296 g/mol. The molecule has 0 saturated heterocycles. The molecule has 0 aliphatic carbocycles. The predicted molar refractivity (Wildman–Crippen MR) is 78.9 cm³/mol. The predicted octanol–water partition coefficient (Wildman–Crippen LogP) is 1.95. The standard InChI is InChI=1S/C14H12N6O2/c15-14(21)19-13-6-5-12(7-17-13)22-11-3-1-10(2-4-11)20-9-16-8-18-20/h1-9H,(H3,15,17,19,21). The molecule has 22 heavy (non-hydrogen) atoms. The lowest BCUT2D eigenvalue weighted by Crippen LogP contribution is -2.19. The Kier molecular flexibility index (Phi) is 3.65. The Bertz CT molecular complexity index is 753. The second-order valence-corrected chi connectivity index (χ2v) is 4.30. The van der Waals surface area contributed by atoms with E-state index in [1.54, 1.807) is 23.1 Å². The van der Waals surface area contributed by atoms with Gasteiger partial charge in [0.1, 0.15) is 30.0 Å². The van der Waals surface area contributed by atoms with E-state index in [0.29, 0.717) is 17.3 Å². The number of pyridine rings is 1. The number of primary amides is 1. The van der Waals surface area contributed by atoms with E-state index < -0.39 is 6.03 Å². The van der Waals surface area contributed by atoms with Gasteiger partial charge in [-0.25, -0.2) is 19.4 Å². The highest BCUT2D eigenvalue weighted by molar-refractivity contribution is 5.86. The Hall–Kier alpha value is -3.42. The molecule has 8 nitrogen and oxygen atoms in total. The molecular weight excluding hydrogens is 284 g/mol. The zero-order valence-corrected chi connectivity index (χ0v) is 11.4. The van der Waals surface area contributed by atoms with E-state index in [1.807, 2.05) is 24.3 Å². The molecule has 0 spiro atoms. The summed E-state index contributed by atoms with van der Waals surface area (Å²) < 4.78 is 7.31. The van der Waals surface area contributed by atoms with E-state index in [0.717, 1.165) is 5.69 Å². The van der Waals surface area contributed by atoms with Gasteiger partial charge in [0.2, 0.25) is 0 Å². The average Bonchev–Trinajstić information content (AvgIpc) is 3.04. The highest BCUT2D eigenvalue weighted by Crippen LogP contribution is 2.22. The first-order valence-electron chi connectivity index (χ1n) is 6.36. The summed E-state index contributed by atoms with van der Waals surface area (Å²) in [6.45, 7) is 0. The molecule has 110 valence electrons. The maximum atomic E-state index is 10.7. The van der Waals surface area contributed by atoms with Gasteiger partial charge in [-0.1, -0.05) is 0 Å². The molecule has 2 amide bonds. The summed E-state index contributed by atoms with van der Waals surface area (Å²) in [7, 11) is 0. The van der Waals surface area contributed by atoms with Crippen molar-refractivity contribution in [2.75, 3.05) is 5.32 Å². The van der Waals surface area contributed by atoms with Crippen molar-refractivity contribution in [3.8, 4) is 17.2 Å². The molecule has 2 heterocycles. The molecule has 2 aromatic heterocycles. The maximum Gasteiger partial charge on any atom is 0.317 e. The molecule has 3 rings (SSSR count). The number of hydrogen-bond donors (Lipinski definition) is 2. The van der Waals surface area contributed by atoms with E-state index in [1.165, 1.54) is 12.5 Å². The van der Waals surface area contributed by atoms with Crippen LogP contribution in [0, 0.1) is 0 Å². The van der Waals surface area contributed by atoms with Gasteiger partial charge < -0.3 is 10.5 Å². The number of ether oxygens (including phenoxy) is 1. The van der Waals surface area contributed by atoms with Gasteiger partial charge in [-0.15, -0.1) is 0 Å². The lowest BCUT2D eigenvalue weighted by molar-refractivity contribution is 0.259. The molecule has 0 unspecified atom stereocenters. The highest BCUT2D eigenvalue weighted by Gasteiger charge is 2.02. The summed E-state index contributed by atoms with van der Waals surface area (Å²) in [5.74, 6) is 1.56. The third-order valence-electron chi connectivity index (χ3n) is 2.74. The highest BCUT2D eigenvalue weighted by atomic mass is 16.5. The van der Waals surface area contributed by atoms with Gasteiger partial charge in [0.05, 0.1) is 11.9 Å². The Balaban J connectivity index is 1.69. The number of nitrogens with zero attached hydrogens (tertiary/aromatic N) is 4. The molecule has 0 saturated carbocycles. The molecule has 1 aromatic carbocycles.